The minimum Gasteiger partial charge on any atom is -0.391 e. The molecule has 0 radical (unpaired) electrons. The van der Waals surface area contributed by atoms with Gasteiger partial charge in [0.05, 0.1) is 11.0 Å². The summed E-state index contributed by atoms with van der Waals surface area (Å²) in [6, 6.07) is 4.49. The molecular formula is C13H16N2O4. The maximum atomic E-state index is 12.3. The molecule has 1 aliphatic heterocycles. The maximum Gasteiger partial charge on any atom is 0.282 e. The summed E-state index contributed by atoms with van der Waals surface area (Å²) in [4.78, 5) is 24.2. The Morgan fingerprint density at radius 2 is 2.26 bits per heavy atom. The molecule has 0 spiro atoms. The number of amides is 1. The smallest absolute Gasteiger partial charge is 0.282 e. The molecule has 6 nitrogen and oxygen atoms in total. The van der Waals surface area contributed by atoms with Gasteiger partial charge in [-0.05, 0) is 31.4 Å². The first-order chi connectivity index (χ1) is 8.99. The van der Waals surface area contributed by atoms with Gasteiger partial charge in [0.2, 0.25) is 0 Å². The first kappa shape index (κ1) is 13.5. The number of rotatable bonds is 2. The summed E-state index contributed by atoms with van der Waals surface area (Å²) in [6.07, 6.45) is 0.841. The lowest BCUT2D eigenvalue weighted by Gasteiger charge is -2.30. The van der Waals surface area contributed by atoms with Crippen LogP contribution >= 0.6 is 0 Å². The standard InChI is InChI=1S/C13H16N2O4/c1-9-4-5-12(15(18)19)11(7-9)13(17)14-6-2-3-10(16)8-14/h4-5,7,10,16H,2-3,6,8H2,1H3/t10-/m0/s1. The van der Waals surface area contributed by atoms with Crippen LogP contribution in [0.15, 0.2) is 18.2 Å². The van der Waals surface area contributed by atoms with Gasteiger partial charge in [-0.2, -0.15) is 0 Å². The third-order valence-corrected chi connectivity index (χ3v) is 3.26. The molecule has 102 valence electrons. The number of β-amino-alcohol motifs (C(OH)–C–C–N with tert-alkyl or cyclic N) is 1. The van der Waals surface area contributed by atoms with Crippen molar-refractivity contribution >= 4 is 11.6 Å². The first-order valence-electron chi connectivity index (χ1n) is 6.21. The van der Waals surface area contributed by atoms with Gasteiger partial charge in [0.25, 0.3) is 11.6 Å². The average molecular weight is 264 g/mol. The van der Waals surface area contributed by atoms with Crippen molar-refractivity contribution in [3.63, 3.8) is 0 Å². The zero-order valence-electron chi connectivity index (χ0n) is 10.7. The molecule has 6 heteroatoms. The molecule has 1 atom stereocenters. The Bertz CT molecular complexity index is 515. The topological polar surface area (TPSA) is 83.7 Å². The summed E-state index contributed by atoms with van der Waals surface area (Å²) < 4.78 is 0. The van der Waals surface area contributed by atoms with Crippen LogP contribution in [0.2, 0.25) is 0 Å². The highest BCUT2D eigenvalue weighted by Gasteiger charge is 2.28. The van der Waals surface area contributed by atoms with Crippen LogP contribution in [0.25, 0.3) is 0 Å². The quantitative estimate of drug-likeness (QED) is 0.648. The van der Waals surface area contributed by atoms with E-state index in [1.807, 2.05) is 0 Å². The Morgan fingerprint density at radius 1 is 1.53 bits per heavy atom. The Hall–Kier alpha value is -1.95. The number of aliphatic hydroxyl groups is 1. The van der Waals surface area contributed by atoms with Gasteiger partial charge in [-0.3, -0.25) is 14.9 Å². The van der Waals surface area contributed by atoms with Crippen molar-refractivity contribution in [3.05, 3.63) is 39.4 Å². The lowest BCUT2D eigenvalue weighted by atomic mass is 10.0. The van der Waals surface area contributed by atoms with Gasteiger partial charge < -0.3 is 10.0 Å². The van der Waals surface area contributed by atoms with Crippen LogP contribution in [0, 0.1) is 17.0 Å². The van der Waals surface area contributed by atoms with E-state index in [-0.39, 0.29) is 23.7 Å². The van der Waals surface area contributed by atoms with Crippen LogP contribution in [0.3, 0.4) is 0 Å². The van der Waals surface area contributed by atoms with E-state index in [0.717, 1.165) is 5.56 Å². The van der Waals surface area contributed by atoms with E-state index in [2.05, 4.69) is 0 Å². The Morgan fingerprint density at radius 3 is 2.89 bits per heavy atom. The van der Waals surface area contributed by atoms with E-state index in [4.69, 9.17) is 0 Å². The molecule has 1 amide bonds. The van der Waals surface area contributed by atoms with Gasteiger partial charge in [-0.15, -0.1) is 0 Å². The van der Waals surface area contributed by atoms with E-state index in [9.17, 15) is 20.0 Å². The van der Waals surface area contributed by atoms with Gasteiger partial charge in [-0.1, -0.05) is 6.07 Å². The molecule has 1 heterocycles. The average Bonchev–Trinajstić information content (AvgIpc) is 2.37. The van der Waals surface area contributed by atoms with Crippen molar-refractivity contribution in [1.29, 1.82) is 0 Å². The minimum absolute atomic E-state index is 0.0964. The largest absolute Gasteiger partial charge is 0.391 e. The molecule has 19 heavy (non-hydrogen) atoms. The van der Waals surface area contributed by atoms with Crippen molar-refractivity contribution in [1.82, 2.24) is 4.90 Å². The van der Waals surface area contributed by atoms with Crippen LogP contribution in [-0.2, 0) is 0 Å². The summed E-state index contributed by atoms with van der Waals surface area (Å²) in [5.41, 5.74) is 0.710. The van der Waals surface area contributed by atoms with Crippen molar-refractivity contribution in [3.8, 4) is 0 Å². The number of aliphatic hydroxyl groups excluding tert-OH is 1. The van der Waals surface area contributed by atoms with Crippen molar-refractivity contribution in [2.45, 2.75) is 25.9 Å². The summed E-state index contributed by atoms with van der Waals surface area (Å²) in [5, 5.41) is 20.6. The molecule has 0 bridgehead atoms. The van der Waals surface area contributed by atoms with Crippen LogP contribution in [0.4, 0.5) is 5.69 Å². The number of hydrogen-bond donors (Lipinski definition) is 1. The molecule has 1 aliphatic rings. The normalized spacial score (nSPS) is 19.3. The second-order valence-corrected chi connectivity index (χ2v) is 4.82. The fourth-order valence-corrected chi connectivity index (χ4v) is 2.29. The zero-order chi connectivity index (χ0) is 14.0. The second-order valence-electron chi connectivity index (χ2n) is 4.82. The maximum absolute atomic E-state index is 12.3. The molecule has 1 aromatic rings. The molecule has 0 aromatic heterocycles. The minimum atomic E-state index is -0.549. The van der Waals surface area contributed by atoms with E-state index in [1.54, 1.807) is 13.0 Å². The molecule has 1 N–H and O–H groups in total. The van der Waals surface area contributed by atoms with Crippen LogP contribution in [0.1, 0.15) is 28.8 Å². The summed E-state index contributed by atoms with van der Waals surface area (Å²) in [7, 11) is 0. The third-order valence-electron chi connectivity index (χ3n) is 3.26. The number of aryl methyl sites for hydroxylation is 1. The van der Waals surface area contributed by atoms with E-state index in [0.29, 0.717) is 19.4 Å². The summed E-state index contributed by atoms with van der Waals surface area (Å²) in [6.45, 7) is 2.55. The van der Waals surface area contributed by atoms with Crippen molar-refractivity contribution < 1.29 is 14.8 Å². The number of likely N-dealkylation sites (tertiary alicyclic amines) is 1. The Labute approximate surface area is 110 Å². The zero-order valence-corrected chi connectivity index (χ0v) is 10.7. The van der Waals surface area contributed by atoms with Gasteiger partial charge >= 0.3 is 0 Å². The molecule has 2 rings (SSSR count). The van der Waals surface area contributed by atoms with Crippen LogP contribution in [0.5, 0.6) is 0 Å². The van der Waals surface area contributed by atoms with Crippen molar-refractivity contribution in [2.24, 2.45) is 0 Å². The number of hydrogen-bond acceptors (Lipinski definition) is 4. The second kappa shape index (κ2) is 5.36. The lowest BCUT2D eigenvalue weighted by molar-refractivity contribution is -0.385. The van der Waals surface area contributed by atoms with Gasteiger partial charge in [0.15, 0.2) is 0 Å². The number of piperidine rings is 1. The summed E-state index contributed by atoms with van der Waals surface area (Å²) in [5.74, 6) is -0.380. The SMILES string of the molecule is Cc1ccc([N+](=O)[O-])c(C(=O)N2CCC[C@H](O)C2)c1. The van der Waals surface area contributed by atoms with E-state index < -0.39 is 11.0 Å². The number of carbonyl (C=O) groups excluding carboxylic acids is 1. The van der Waals surface area contributed by atoms with Crippen LogP contribution in [-0.4, -0.2) is 40.0 Å². The fourth-order valence-electron chi connectivity index (χ4n) is 2.29. The molecule has 0 unspecified atom stereocenters. The fraction of sp³-hybridized carbons (Fsp3) is 0.462. The first-order valence-corrected chi connectivity index (χ1v) is 6.21. The van der Waals surface area contributed by atoms with Gasteiger partial charge in [0.1, 0.15) is 5.56 Å². The predicted octanol–water partition coefficient (Wildman–Crippen LogP) is 1.50. The summed E-state index contributed by atoms with van der Waals surface area (Å²) >= 11 is 0. The van der Waals surface area contributed by atoms with Gasteiger partial charge in [-0.25, -0.2) is 0 Å². The monoisotopic (exact) mass is 264 g/mol. The molecule has 1 saturated heterocycles. The van der Waals surface area contributed by atoms with E-state index in [1.165, 1.54) is 17.0 Å². The predicted molar refractivity (Wildman–Crippen MR) is 69.0 cm³/mol. The third kappa shape index (κ3) is 2.90. The highest BCUT2D eigenvalue weighted by atomic mass is 16.6. The molecule has 1 aromatic carbocycles. The Kier molecular flexibility index (Phi) is 3.80. The number of nitro benzene ring substituents is 1. The highest BCUT2D eigenvalue weighted by molar-refractivity contribution is 5.98. The highest BCUT2D eigenvalue weighted by Crippen LogP contribution is 2.23. The molecule has 0 aliphatic carbocycles. The van der Waals surface area contributed by atoms with E-state index >= 15 is 0 Å². The number of nitrogens with zero attached hydrogens (tertiary/aromatic N) is 2. The van der Waals surface area contributed by atoms with Crippen molar-refractivity contribution in [2.75, 3.05) is 13.1 Å². The van der Waals surface area contributed by atoms with Crippen LogP contribution < -0.4 is 0 Å². The molecule has 1 fully saturated rings. The Balaban J connectivity index is 2.32. The lowest BCUT2D eigenvalue weighted by Crippen LogP contribution is -2.42. The number of nitro groups is 1. The number of carbonyl (C=O) groups is 1. The molecular weight excluding hydrogens is 248 g/mol. The number of benzene rings is 1. The molecule has 0 saturated carbocycles. The van der Waals surface area contributed by atoms with Gasteiger partial charge in [0, 0.05) is 19.2 Å².